The fraction of sp³-hybridized carbons (Fsp3) is 0.500. The highest BCUT2D eigenvalue weighted by Gasteiger charge is 2.25. The molecule has 1 atom stereocenters. The van der Waals surface area contributed by atoms with Crippen molar-refractivity contribution in [2.45, 2.75) is 38.8 Å². The first-order chi connectivity index (χ1) is 11.0. The van der Waals surface area contributed by atoms with E-state index >= 15 is 0 Å². The summed E-state index contributed by atoms with van der Waals surface area (Å²) in [5, 5.41) is 2.47. The Morgan fingerprint density at radius 3 is 2.25 bits per heavy atom. The second-order valence-electron chi connectivity index (χ2n) is 6.32. The molecule has 0 radical (unpaired) electrons. The molecule has 1 rings (SSSR count). The number of nitrogens with one attached hydrogen (secondary N) is 1. The van der Waals surface area contributed by atoms with Crippen molar-refractivity contribution in [2.75, 3.05) is 12.9 Å². The van der Waals surface area contributed by atoms with Crippen molar-refractivity contribution < 1.29 is 26.9 Å². The van der Waals surface area contributed by atoms with E-state index in [1.54, 1.807) is 45.0 Å². The molecule has 8 heteroatoms. The molecule has 0 spiro atoms. The molecule has 0 saturated carbocycles. The molecule has 24 heavy (non-hydrogen) atoms. The summed E-state index contributed by atoms with van der Waals surface area (Å²) in [5.41, 5.74) is 0.0968. The maximum atomic E-state index is 12.2. The van der Waals surface area contributed by atoms with Crippen LogP contribution in [-0.4, -0.2) is 44.8 Å². The quantitative estimate of drug-likeness (QED) is 0.745. The Balaban J connectivity index is 2.82. The summed E-state index contributed by atoms with van der Waals surface area (Å²) in [7, 11) is -3.75. The van der Waals surface area contributed by atoms with Crippen molar-refractivity contribution in [3.63, 3.8) is 0 Å². The van der Waals surface area contributed by atoms with Crippen molar-refractivity contribution in [3.8, 4) is 0 Å². The van der Waals surface area contributed by atoms with Crippen LogP contribution in [0, 0.1) is 0 Å². The van der Waals surface area contributed by atoms with Gasteiger partial charge >= 0.3 is 6.09 Å². The number of benzene rings is 1. The number of hydrogen-bond acceptors (Lipinski definition) is 6. The van der Waals surface area contributed by atoms with Crippen LogP contribution in [0.3, 0.4) is 0 Å². The fourth-order valence-corrected chi connectivity index (χ4v) is 2.14. The van der Waals surface area contributed by atoms with Gasteiger partial charge in [-0.05, 0) is 32.8 Å². The van der Waals surface area contributed by atoms with Gasteiger partial charge < -0.3 is 10.1 Å². The van der Waals surface area contributed by atoms with Crippen molar-refractivity contribution in [2.24, 2.45) is 0 Å². The minimum atomic E-state index is -3.75. The number of carbonyl (C=O) groups is 2. The lowest BCUT2D eigenvalue weighted by Gasteiger charge is -2.23. The Morgan fingerprint density at radius 1 is 1.17 bits per heavy atom. The van der Waals surface area contributed by atoms with Crippen LogP contribution in [-0.2, 0) is 30.3 Å². The lowest BCUT2D eigenvalue weighted by atomic mass is 10.0. The molecule has 0 unspecified atom stereocenters. The van der Waals surface area contributed by atoms with Crippen molar-refractivity contribution in [1.82, 2.24) is 5.32 Å². The summed E-state index contributed by atoms with van der Waals surface area (Å²) in [6.07, 6.45) is 0.302. The van der Waals surface area contributed by atoms with Gasteiger partial charge in [-0.2, -0.15) is 8.42 Å². The van der Waals surface area contributed by atoms with E-state index in [0.717, 1.165) is 11.8 Å². The van der Waals surface area contributed by atoms with Crippen LogP contribution in [0.5, 0.6) is 0 Å². The first kappa shape index (κ1) is 20.1. The Morgan fingerprint density at radius 2 is 1.75 bits per heavy atom. The summed E-state index contributed by atoms with van der Waals surface area (Å²) >= 11 is 0. The highest BCUT2D eigenvalue weighted by Crippen LogP contribution is 2.09. The van der Waals surface area contributed by atoms with Crippen LogP contribution < -0.4 is 5.32 Å². The van der Waals surface area contributed by atoms with Gasteiger partial charge in [0.15, 0.2) is 5.78 Å². The van der Waals surface area contributed by atoms with E-state index in [2.05, 4.69) is 9.50 Å². The van der Waals surface area contributed by atoms with Crippen LogP contribution in [0.25, 0.3) is 0 Å². The Bertz CT molecular complexity index is 664. The maximum Gasteiger partial charge on any atom is 0.408 e. The summed E-state index contributed by atoms with van der Waals surface area (Å²) in [5.74, 6) is -0.560. The van der Waals surface area contributed by atoms with Gasteiger partial charge in [0.2, 0.25) is 0 Å². The molecule has 1 amide bonds. The molecular formula is C16H23NO6S. The van der Waals surface area contributed by atoms with Gasteiger partial charge in [0.1, 0.15) is 12.2 Å². The van der Waals surface area contributed by atoms with Crippen molar-refractivity contribution in [3.05, 3.63) is 35.9 Å². The lowest BCUT2D eigenvalue weighted by molar-refractivity contribution is -0.123. The molecule has 0 aliphatic heterocycles. The van der Waals surface area contributed by atoms with Gasteiger partial charge in [0.25, 0.3) is 10.1 Å². The van der Waals surface area contributed by atoms with Crippen LogP contribution in [0.1, 0.15) is 26.3 Å². The third kappa shape index (κ3) is 8.64. The molecule has 7 nitrogen and oxygen atoms in total. The van der Waals surface area contributed by atoms with Gasteiger partial charge in [0.05, 0.1) is 12.3 Å². The highest BCUT2D eigenvalue weighted by atomic mass is 32.2. The lowest BCUT2D eigenvalue weighted by Crippen LogP contribution is -2.46. The van der Waals surface area contributed by atoms with E-state index in [1.807, 2.05) is 6.07 Å². The average molecular weight is 357 g/mol. The Hall–Kier alpha value is -1.93. The minimum Gasteiger partial charge on any atom is -0.444 e. The average Bonchev–Trinajstić information content (AvgIpc) is 2.42. The summed E-state index contributed by atoms with van der Waals surface area (Å²) < 4.78 is 31.7. The SMILES string of the molecule is CC(C)(C)OC(=O)N[C@@H](Cc1ccccc1)C(=O)COS(C)(=O)=O. The van der Waals surface area contributed by atoms with E-state index < -0.39 is 40.2 Å². The Kier molecular flexibility index (Phi) is 6.92. The van der Waals surface area contributed by atoms with Crippen LogP contribution >= 0.6 is 0 Å². The molecule has 0 bridgehead atoms. The molecule has 1 aromatic rings. The monoisotopic (exact) mass is 357 g/mol. The summed E-state index contributed by atoms with van der Waals surface area (Å²) in [4.78, 5) is 24.2. The predicted molar refractivity (Wildman–Crippen MR) is 89.1 cm³/mol. The molecule has 1 aromatic carbocycles. The normalized spacial score (nSPS) is 13.2. The number of amides is 1. The largest absolute Gasteiger partial charge is 0.444 e. The number of ketones is 1. The maximum absolute atomic E-state index is 12.2. The van der Waals surface area contributed by atoms with Gasteiger partial charge in [-0.3, -0.25) is 8.98 Å². The van der Waals surface area contributed by atoms with Crippen LogP contribution in [0.15, 0.2) is 30.3 Å². The second kappa shape index (κ2) is 8.25. The molecule has 0 aliphatic rings. The van der Waals surface area contributed by atoms with Crippen LogP contribution in [0.4, 0.5) is 4.79 Å². The van der Waals surface area contributed by atoms with Crippen molar-refractivity contribution in [1.29, 1.82) is 0 Å². The van der Waals surface area contributed by atoms with Gasteiger partial charge in [0, 0.05) is 0 Å². The standard InChI is InChI=1S/C16H23NO6S/c1-16(2,3)23-15(19)17-13(10-12-8-6-5-7-9-12)14(18)11-22-24(4,20)21/h5-9,13H,10-11H2,1-4H3,(H,17,19)/t13-/m0/s1. The minimum absolute atomic E-state index is 0.200. The molecule has 0 aromatic heterocycles. The zero-order chi connectivity index (χ0) is 18.4. The van der Waals surface area contributed by atoms with Crippen molar-refractivity contribution >= 4 is 22.0 Å². The zero-order valence-corrected chi connectivity index (χ0v) is 15.1. The topological polar surface area (TPSA) is 98.8 Å². The fourth-order valence-electron chi connectivity index (χ4n) is 1.81. The summed E-state index contributed by atoms with van der Waals surface area (Å²) in [6.45, 7) is 4.46. The van der Waals surface area contributed by atoms with Gasteiger partial charge in [-0.1, -0.05) is 30.3 Å². The molecule has 0 saturated heterocycles. The molecule has 0 fully saturated rings. The predicted octanol–water partition coefficient (Wildman–Crippen LogP) is 1.67. The van der Waals surface area contributed by atoms with E-state index in [-0.39, 0.29) is 6.42 Å². The highest BCUT2D eigenvalue weighted by molar-refractivity contribution is 7.86. The molecular weight excluding hydrogens is 334 g/mol. The number of carbonyl (C=O) groups excluding carboxylic acids is 2. The van der Waals surface area contributed by atoms with E-state index in [0.29, 0.717) is 0 Å². The van der Waals surface area contributed by atoms with Crippen LogP contribution in [0.2, 0.25) is 0 Å². The van der Waals surface area contributed by atoms with E-state index in [1.165, 1.54) is 0 Å². The molecule has 1 N–H and O–H groups in total. The van der Waals surface area contributed by atoms with E-state index in [4.69, 9.17) is 4.74 Å². The third-order valence-corrected chi connectivity index (χ3v) is 3.32. The van der Waals surface area contributed by atoms with Gasteiger partial charge in [-0.25, -0.2) is 4.79 Å². The Labute approximate surface area is 142 Å². The number of hydrogen-bond donors (Lipinski definition) is 1. The zero-order valence-electron chi connectivity index (χ0n) is 14.2. The number of rotatable bonds is 7. The molecule has 134 valence electrons. The third-order valence-electron chi connectivity index (χ3n) is 2.78. The summed E-state index contributed by atoms with van der Waals surface area (Å²) in [6, 6.07) is 8.08. The number of Topliss-reactive ketones (excluding diaryl/α,β-unsaturated/α-hetero) is 1. The van der Waals surface area contributed by atoms with Gasteiger partial charge in [-0.15, -0.1) is 0 Å². The molecule has 0 heterocycles. The smallest absolute Gasteiger partial charge is 0.408 e. The number of ether oxygens (including phenoxy) is 1. The molecule has 0 aliphatic carbocycles. The first-order valence-corrected chi connectivity index (χ1v) is 9.18. The van der Waals surface area contributed by atoms with E-state index in [9.17, 15) is 18.0 Å². The number of alkyl carbamates (subject to hydrolysis) is 1. The second-order valence-corrected chi connectivity index (χ2v) is 7.97. The first-order valence-electron chi connectivity index (χ1n) is 7.37.